The summed E-state index contributed by atoms with van der Waals surface area (Å²) in [6.07, 6.45) is 2.44. The van der Waals surface area contributed by atoms with E-state index in [1.165, 1.54) is 25.0 Å². The average molecular weight is 280 g/mol. The Morgan fingerprint density at radius 2 is 2.21 bits per heavy atom. The Morgan fingerprint density at radius 3 is 2.79 bits per heavy atom. The van der Waals surface area contributed by atoms with Crippen molar-refractivity contribution in [3.8, 4) is 5.75 Å². The molecular formula is C10H9BrClFO. The van der Waals surface area contributed by atoms with Crippen molar-refractivity contribution in [2.24, 2.45) is 5.92 Å². The van der Waals surface area contributed by atoms with Gasteiger partial charge in [-0.2, -0.15) is 0 Å². The van der Waals surface area contributed by atoms with Gasteiger partial charge in [-0.05, 0) is 46.8 Å². The summed E-state index contributed by atoms with van der Waals surface area (Å²) in [6, 6.07) is 2.61. The summed E-state index contributed by atoms with van der Waals surface area (Å²) in [6.45, 7) is 0.671. The molecule has 0 aromatic heterocycles. The van der Waals surface area contributed by atoms with Crippen molar-refractivity contribution in [1.29, 1.82) is 0 Å². The minimum atomic E-state index is -0.361. The number of ether oxygens (including phenoxy) is 1. The lowest BCUT2D eigenvalue weighted by atomic mass is 10.3. The third-order valence-corrected chi connectivity index (χ3v) is 2.99. The molecule has 1 nitrogen and oxygen atoms in total. The van der Waals surface area contributed by atoms with E-state index in [2.05, 4.69) is 15.9 Å². The molecule has 0 radical (unpaired) electrons. The predicted octanol–water partition coefficient (Wildman–Crippen LogP) is 4.03. The molecule has 0 atom stereocenters. The summed E-state index contributed by atoms with van der Waals surface area (Å²) in [5.41, 5.74) is 0. The van der Waals surface area contributed by atoms with Gasteiger partial charge in [-0.15, -0.1) is 0 Å². The molecule has 0 aliphatic heterocycles. The summed E-state index contributed by atoms with van der Waals surface area (Å²) < 4.78 is 18.9. The molecule has 0 unspecified atom stereocenters. The summed E-state index contributed by atoms with van der Waals surface area (Å²) >= 11 is 9.06. The third-order valence-electron chi connectivity index (χ3n) is 2.12. The monoisotopic (exact) mass is 278 g/mol. The highest BCUT2D eigenvalue weighted by molar-refractivity contribution is 9.10. The zero-order valence-corrected chi connectivity index (χ0v) is 9.74. The van der Waals surface area contributed by atoms with Crippen LogP contribution < -0.4 is 4.74 Å². The molecular weight excluding hydrogens is 270 g/mol. The van der Waals surface area contributed by atoms with Crippen LogP contribution in [0, 0.1) is 11.7 Å². The summed E-state index contributed by atoms with van der Waals surface area (Å²) in [7, 11) is 0. The predicted molar refractivity (Wildman–Crippen MR) is 57.3 cm³/mol. The molecule has 0 spiro atoms. The number of benzene rings is 1. The zero-order chi connectivity index (χ0) is 10.1. The Morgan fingerprint density at radius 1 is 1.50 bits per heavy atom. The van der Waals surface area contributed by atoms with Crippen LogP contribution in [0.2, 0.25) is 5.02 Å². The molecule has 76 valence electrons. The van der Waals surface area contributed by atoms with E-state index in [-0.39, 0.29) is 5.82 Å². The smallest absolute Gasteiger partial charge is 0.152 e. The van der Waals surface area contributed by atoms with Gasteiger partial charge < -0.3 is 4.74 Å². The van der Waals surface area contributed by atoms with E-state index in [4.69, 9.17) is 16.3 Å². The van der Waals surface area contributed by atoms with E-state index in [9.17, 15) is 4.39 Å². The zero-order valence-electron chi connectivity index (χ0n) is 7.40. The van der Waals surface area contributed by atoms with Crippen LogP contribution in [0.3, 0.4) is 0 Å². The maximum absolute atomic E-state index is 12.8. The van der Waals surface area contributed by atoms with Crippen LogP contribution in [0.1, 0.15) is 12.8 Å². The van der Waals surface area contributed by atoms with Crippen molar-refractivity contribution >= 4 is 27.5 Å². The fraction of sp³-hybridized carbons (Fsp3) is 0.400. The number of hydrogen-bond acceptors (Lipinski definition) is 1. The van der Waals surface area contributed by atoms with Gasteiger partial charge in [0, 0.05) is 0 Å². The van der Waals surface area contributed by atoms with E-state index < -0.39 is 0 Å². The Bertz CT molecular complexity index is 329. The minimum Gasteiger partial charge on any atom is -0.491 e. The Kier molecular flexibility index (Phi) is 2.98. The Labute approximate surface area is 95.3 Å². The van der Waals surface area contributed by atoms with Crippen molar-refractivity contribution in [2.45, 2.75) is 12.8 Å². The van der Waals surface area contributed by atoms with Crippen LogP contribution in [0.4, 0.5) is 4.39 Å². The lowest BCUT2D eigenvalue weighted by Crippen LogP contribution is -2.00. The first-order valence-electron chi connectivity index (χ1n) is 4.44. The molecule has 1 aromatic rings. The normalized spacial score (nSPS) is 15.6. The van der Waals surface area contributed by atoms with E-state index in [0.717, 1.165) is 0 Å². The third kappa shape index (κ3) is 2.39. The molecule has 0 amide bonds. The summed E-state index contributed by atoms with van der Waals surface area (Å²) in [5, 5.41) is 0.317. The van der Waals surface area contributed by atoms with Gasteiger partial charge in [0.15, 0.2) is 5.75 Å². The molecule has 1 aliphatic rings. The van der Waals surface area contributed by atoms with Crippen molar-refractivity contribution in [3.05, 3.63) is 27.4 Å². The van der Waals surface area contributed by atoms with Gasteiger partial charge in [-0.3, -0.25) is 0 Å². The van der Waals surface area contributed by atoms with Crippen LogP contribution in [0.5, 0.6) is 5.75 Å². The fourth-order valence-corrected chi connectivity index (χ4v) is 2.07. The first-order valence-corrected chi connectivity index (χ1v) is 5.61. The van der Waals surface area contributed by atoms with E-state index >= 15 is 0 Å². The van der Waals surface area contributed by atoms with Crippen molar-refractivity contribution in [3.63, 3.8) is 0 Å². The van der Waals surface area contributed by atoms with Gasteiger partial charge in [0.2, 0.25) is 0 Å². The summed E-state index contributed by atoms with van der Waals surface area (Å²) in [4.78, 5) is 0. The molecule has 1 aliphatic carbocycles. The maximum Gasteiger partial charge on any atom is 0.152 e. The van der Waals surface area contributed by atoms with Gasteiger partial charge in [0.05, 0.1) is 16.1 Å². The second-order valence-electron chi connectivity index (χ2n) is 3.45. The van der Waals surface area contributed by atoms with E-state index in [1.54, 1.807) is 0 Å². The van der Waals surface area contributed by atoms with Crippen LogP contribution >= 0.6 is 27.5 Å². The first-order chi connectivity index (χ1) is 6.66. The van der Waals surface area contributed by atoms with Gasteiger partial charge >= 0.3 is 0 Å². The lowest BCUT2D eigenvalue weighted by Gasteiger charge is -2.09. The molecule has 14 heavy (non-hydrogen) atoms. The second kappa shape index (κ2) is 4.07. The molecule has 0 N–H and O–H groups in total. The van der Waals surface area contributed by atoms with Crippen LogP contribution in [0.25, 0.3) is 0 Å². The second-order valence-corrected chi connectivity index (χ2v) is 4.71. The van der Waals surface area contributed by atoms with Crippen molar-refractivity contribution in [1.82, 2.24) is 0 Å². The average Bonchev–Trinajstić information content (AvgIpc) is 2.85. The molecule has 2 rings (SSSR count). The Hall–Kier alpha value is -0.280. The number of hydrogen-bond donors (Lipinski definition) is 0. The molecule has 1 fully saturated rings. The van der Waals surface area contributed by atoms with Crippen LogP contribution in [0.15, 0.2) is 16.6 Å². The van der Waals surface area contributed by atoms with Crippen LogP contribution in [-0.2, 0) is 0 Å². The minimum absolute atomic E-state index is 0.317. The Balaban J connectivity index is 2.13. The van der Waals surface area contributed by atoms with Crippen molar-refractivity contribution in [2.75, 3.05) is 6.61 Å². The quantitative estimate of drug-likeness (QED) is 0.812. The van der Waals surface area contributed by atoms with E-state index in [0.29, 0.717) is 27.8 Å². The molecule has 1 saturated carbocycles. The molecule has 0 saturated heterocycles. The summed E-state index contributed by atoms with van der Waals surface area (Å²) in [5.74, 6) is 0.837. The lowest BCUT2D eigenvalue weighted by molar-refractivity contribution is 0.297. The van der Waals surface area contributed by atoms with Gasteiger partial charge in [-0.1, -0.05) is 11.6 Å². The van der Waals surface area contributed by atoms with Gasteiger partial charge in [-0.25, -0.2) is 4.39 Å². The fourth-order valence-electron chi connectivity index (χ4n) is 1.15. The van der Waals surface area contributed by atoms with Gasteiger partial charge in [0.1, 0.15) is 5.82 Å². The maximum atomic E-state index is 12.8. The highest BCUT2D eigenvalue weighted by Gasteiger charge is 2.23. The highest BCUT2D eigenvalue weighted by atomic mass is 79.9. The first kappa shape index (κ1) is 10.2. The van der Waals surface area contributed by atoms with Gasteiger partial charge in [0.25, 0.3) is 0 Å². The van der Waals surface area contributed by atoms with Crippen LogP contribution in [-0.4, -0.2) is 6.61 Å². The number of halogens is 3. The molecule has 4 heteroatoms. The molecule has 0 heterocycles. The highest BCUT2D eigenvalue weighted by Crippen LogP contribution is 2.36. The SMILES string of the molecule is Fc1cc(Cl)c(OCC2CC2)c(Br)c1. The molecule has 0 bridgehead atoms. The van der Waals surface area contributed by atoms with Crippen molar-refractivity contribution < 1.29 is 9.13 Å². The molecule has 1 aromatic carbocycles. The standard InChI is InChI=1S/C10H9BrClFO/c11-8-3-7(13)4-9(12)10(8)14-5-6-1-2-6/h3-4,6H,1-2,5H2. The topological polar surface area (TPSA) is 9.23 Å². The number of rotatable bonds is 3. The van der Waals surface area contributed by atoms with E-state index in [1.807, 2.05) is 0 Å². The largest absolute Gasteiger partial charge is 0.491 e.